The van der Waals surface area contributed by atoms with Gasteiger partial charge in [0, 0.05) is 13.0 Å². The molecule has 0 atom stereocenters. The Morgan fingerprint density at radius 2 is 2.20 bits per heavy atom. The molecule has 0 aliphatic heterocycles. The Morgan fingerprint density at radius 3 is 2.60 bits per heavy atom. The van der Waals surface area contributed by atoms with Crippen molar-refractivity contribution in [2.24, 2.45) is 5.73 Å². The van der Waals surface area contributed by atoms with Crippen LogP contribution in [0.5, 0.6) is 0 Å². The minimum Gasteiger partial charge on any atom is -0.369 e. The summed E-state index contributed by atoms with van der Waals surface area (Å²) in [4.78, 5) is 20.7. The van der Waals surface area contributed by atoms with E-state index in [9.17, 15) is 9.59 Å². The normalized spacial score (nSPS) is 8.90. The minimum atomic E-state index is -0.564. The first-order valence-corrected chi connectivity index (χ1v) is 3.06. The van der Waals surface area contributed by atoms with Crippen molar-refractivity contribution in [3.05, 3.63) is 6.42 Å². The molecule has 2 amide bonds. The van der Waals surface area contributed by atoms with E-state index in [1.54, 1.807) is 0 Å². The van der Waals surface area contributed by atoms with Crippen LogP contribution in [-0.4, -0.2) is 18.4 Å². The lowest BCUT2D eigenvalue weighted by molar-refractivity contribution is -0.122. The second-order valence-electron chi connectivity index (χ2n) is 1.76. The summed E-state index contributed by atoms with van der Waals surface area (Å²) in [7, 11) is 0. The van der Waals surface area contributed by atoms with Crippen molar-refractivity contribution in [1.82, 2.24) is 5.32 Å². The van der Waals surface area contributed by atoms with E-state index in [1.165, 1.54) is 0 Å². The Labute approximate surface area is 59.8 Å². The molecule has 0 spiro atoms. The van der Waals surface area contributed by atoms with E-state index in [0.717, 1.165) is 6.42 Å². The third-order valence-corrected chi connectivity index (χ3v) is 0.863. The van der Waals surface area contributed by atoms with E-state index in [1.807, 2.05) is 6.92 Å². The lowest BCUT2D eigenvalue weighted by Gasteiger charge is -1.97. The number of hydrogen-bond acceptors (Lipinski definition) is 2. The molecule has 0 aromatic heterocycles. The molecule has 0 fully saturated rings. The molecule has 0 saturated carbocycles. The molecule has 3 N–H and O–H groups in total. The highest BCUT2D eigenvalue weighted by Gasteiger charge is 2.01. The van der Waals surface area contributed by atoms with E-state index in [-0.39, 0.29) is 12.3 Å². The SMILES string of the molecule is CCNC(=O)C[CH]C(N)=O. The summed E-state index contributed by atoms with van der Waals surface area (Å²) in [6, 6.07) is 0. The summed E-state index contributed by atoms with van der Waals surface area (Å²) < 4.78 is 0. The molecule has 4 nitrogen and oxygen atoms in total. The Bertz CT molecular complexity index is 134. The van der Waals surface area contributed by atoms with Crippen molar-refractivity contribution < 1.29 is 9.59 Å². The van der Waals surface area contributed by atoms with Crippen LogP contribution in [0.15, 0.2) is 0 Å². The molecule has 0 unspecified atom stereocenters. The molecule has 0 aromatic carbocycles. The number of amides is 2. The van der Waals surface area contributed by atoms with Crippen LogP contribution in [0.25, 0.3) is 0 Å². The van der Waals surface area contributed by atoms with Gasteiger partial charge in [0.2, 0.25) is 11.8 Å². The molecule has 0 aliphatic carbocycles. The van der Waals surface area contributed by atoms with E-state index < -0.39 is 5.91 Å². The highest BCUT2D eigenvalue weighted by Crippen LogP contribution is 1.83. The molecular formula is C6H11N2O2. The predicted octanol–water partition coefficient (Wildman–Crippen LogP) is -0.798. The third kappa shape index (κ3) is 5.08. The van der Waals surface area contributed by atoms with Gasteiger partial charge in [-0.15, -0.1) is 0 Å². The topological polar surface area (TPSA) is 72.2 Å². The summed E-state index contributed by atoms with van der Waals surface area (Å²) in [5, 5.41) is 2.52. The highest BCUT2D eigenvalue weighted by molar-refractivity contribution is 5.89. The molecule has 4 heteroatoms. The van der Waals surface area contributed by atoms with Crippen molar-refractivity contribution in [3.63, 3.8) is 0 Å². The number of carbonyl (C=O) groups excluding carboxylic acids is 2. The Morgan fingerprint density at radius 1 is 1.60 bits per heavy atom. The van der Waals surface area contributed by atoms with Gasteiger partial charge in [0.25, 0.3) is 0 Å². The van der Waals surface area contributed by atoms with Gasteiger partial charge in [-0.1, -0.05) is 0 Å². The molecule has 0 heterocycles. The second-order valence-corrected chi connectivity index (χ2v) is 1.76. The molecule has 0 rings (SSSR count). The fourth-order valence-corrected chi connectivity index (χ4v) is 0.463. The number of nitrogens with two attached hydrogens (primary N) is 1. The fraction of sp³-hybridized carbons (Fsp3) is 0.500. The number of rotatable bonds is 4. The van der Waals surface area contributed by atoms with Crippen LogP contribution < -0.4 is 11.1 Å². The third-order valence-electron chi connectivity index (χ3n) is 0.863. The molecule has 57 valence electrons. The lowest BCUT2D eigenvalue weighted by Crippen LogP contribution is -2.24. The van der Waals surface area contributed by atoms with Crippen LogP contribution in [0, 0.1) is 6.42 Å². The largest absolute Gasteiger partial charge is 0.369 e. The maximum Gasteiger partial charge on any atom is 0.221 e. The molecule has 10 heavy (non-hydrogen) atoms. The number of primary amides is 1. The quantitative estimate of drug-likeness (QED) is 0.541. The first kappa shape index (κ1) is 8.94. The summed E-state index contributed by atoms with van der Waals surface area (Å²) >= 11 is 0. The standard InChI is InChI=1S/C6H11N2O2/c1-2-8-6(10)4-3-5(7)9/h3H,2,4H2,1H3,(H2,7,9)(H,8,10). The Balaban J connectivity index is 3.30. The van der Waals surface area contributed by atoms with Crippen LogP contribution in [-0.2, 0) is 9.59 Å². The van der Waals surface area contributed by atoms with Crippen molar-refractivity contribution in [2.45, 2.75) is 13.3 Å². The van der Waals surface area contributed by atoms with Crippen molar-refractivity contribution in [2.75, 3.05) is 6.54 Å². The lowest BCUT2D eigenvalue weighted by atomic mass is 10.3. The van der Waals surface area contributed by atoms with E-state index in [0.29, 0.717) is 6.54 Å². The van der Waals surface area contributed by atoms with Gasteiger partial charge in [0.1, 0.15) is 0 Å². The average molecular weight is 143 g/mol. The van der Waals surface area contributed by atoms with Gasteiger partial charge < -0.3 is 11.1 Å². The molecule has 0 bridgehead atoms. The zero-order valence-corrected chi connectivity index (χ0v) is 5.89. The van der Waals surface area contributed by atoms with Crippen LogP contribution >= 0.6 is 0 Å². The summed E-state index contributed by atoms with van der Waals surface area (Å²) in [6.07, 6.45) is 1.22. The van der Waals surface area contributed by atoms with Crippen LogP contribution in [0.1, 0.15) is 13.3 Å². The van der Waals surface area contributed by atoms with Crippen LogP contribution in [0.3, 0.4) is 0 Å². The maximum atomic E-state index is 10.6. The van der Waals surface area contributed by atoms with Gasteiger partial charge in [-0.3, -0.25) is 9.59 Å². The molecule has 0 saturated heterocycles. The van der Waals surface area contributed by atoms with Gasteiger partial charge in [0.15, 0.2) is 0 Å². The first-order valence-electron chi connectivity index (χ1n) is 3.06. The number of nitrogens with one attached hydrogen (secondary N) is 1. The number of hydrogen-bond donors (Lipinski definition) is 2. The van der Waals surface area contributed by atoms with E-state index in [4.69, 9.17) is 5.73 Å². The van der Waals surface area contributed by atoms with Gasteiger partial charge in [-0.05, 0) is 6.92 Å². The van der Waals surface area contributed by atoms with E-state index in [2.05, 4.69) is 5.32 Å². The van der Waals surface area contributed by atoms with Crippen LogP contribution in [0.4, 0.5) is 0 Å². The Hall–Kier alpha value is -1.06. The van der Waals surface area contributed by atoms with Gasteiger partial charge in [0.05, 0.1) is 6.42 Å². The molecule has 0 aromatic rings. The first-order chi connectivity index (χ1) is 4.66. The molecule has 0 aliphatic rings. The Kier molecular flexibility index (Phi) is 4.28. The average Bonchev–Trinajstić information content (AvgIpc) is 1.85. The van der Waals surface area contributed by atoms with Crippen molar-refractivity contribution in [3.8, 4) is 0 Å². The van der Waals surface area contributed by atoms with E-state index >= 15 is 0 Å². The predicted molar refractivity (Wildman–Crippen MR) is 36.8 cm³/mol. The van der Waals surface area contributed by atoms with Gasteiger partial charge >= 0.3 is 0 Å². The van der Waals surface area contributed by atoms with Crippen LogP contribution in [0.2, 0.25) is 0 Å². The zero-order valence-electron chi connectivity index (χ0n) is 5.89. The minimum absolute atomic E-state index is 0.0726. The van der Waals surface area contributed by atoms with Crippen molar-refractivity contribution >= 4 is 11.8 Å². The maximum absolute atomic E-state index is 10.6. The zero-order chi connectivity index (χ0) is 7.98. The monoisotopic (exact) mass is 143 g/mol. The smallest absolute Gasteiger partial charge is 0.221 e. The van der Waals surface area contributed by atoms with Gasteiger partial charge in [-0.2, -0.15) is 0 Å². The van der Waals surface area contributed by atoms with Gasteiger partial charge in [-0.25, -0.2) is 0 Å². The highest BCUT2D eigenvalue weighted by atomic mass is 16.2. The summed E-state index contributed by atoms with van der Waals surface area (Å²) in [5.74, 6) is -0.743. The summed E-state index contributed by atoms with van der Waals surface area (Å²) in [5.41, 5.74) is 4.76. The van der Waals surface area contributed by atoms with Crippen molar-refractivity contribution in [1.29, 1.82) is 0 Å². The number of carbonyl (C=O) groups is 2. The fourth-order valence-electron chi connectivity index (χ4n) is 0.463. The summed E-state index contributed by atoms with van der Waals surface area (Å²) in [6.45, 7) is 2.38. The molecule has 1 radical (unpaired) electrons. The molecular weight excluding hydrogens is 132 g/mol. The second kappa shape index (κ2) is 4.78.